The van der Waals surface area contributed by atoms with Gasteiger partial charge in [-0.25, -0.2) is 4.98 Å². The molecule has 0 aliphatic heterocycles. The first-order valence-corrected chi connectivity index (χ1v) is 8.40. The van der Waals surface area contributed by atoms with Crippen molar-refractivity contribution in [2.24, 2.45) is 0 Å². The lowest BCUT2D eigenvalue weighted by molar-refractivity contribution is 0.0953. The molecular weight excluding hydrogens is 331 g/mol. The van der Waals surface area contributed by atoms with Crippen molar-refractivity contribution < 1.29 is 14.3 Å². The number of nitrogens with zero attached hydrogens (tertiary/aromatic N) is 1. The summed E-state index contributed by atoms with van der Waals surface area (Å²) in [7, 11) is 0. The van der Waals surface area contributed by atoms with Crippen LogP contribution in [-0.4, -0.2) is 22.5 Å². The highest BCUT2D eigenvalue weighted by Gasteiger charge is 2.04. The summed E-state index contributed by atoms with van der Waals surface area (Å²) in [6, 6.07) is 17.2. The van der Waals surface area contributed by atoms with Gasteiger partial charge in [-0.05, 0) is 60.4 Å². The van der Waals surface area contributed by atoms with E-state index >= 15 is 0 Å². The number of hydrogen-bond donors (Lipinski definition) is 2. The molecule has 0 saturated heterocycles. The number of nitrogens with one attached hydrogen (secondary N) is 1. The molecule has 0 atom stereocenters. The maximum Gasteiger partial charge on any atom is 0.251 e. The molecule has 4 nitrogen and oxygen atoms in total. The lowest BCUT2D eigenvalue weighted by Gasteiger charge is -2.07. The number of phenolic OH excluding ortho intramolecular Hbond substituents is 1. The molecule has 2 aromatic carbocycles. The Hall–Kier alpha value is -3.21. The van der Waals surface area contributed by atoms with Crippen LogP contribution in [0.25, 0.3) is 11.1 Å². The minimum Gasteiger partial charge on any atom is -0.508 e. The second-order valence-corrected chi connectivity index (χ2v) is 5.97. The van der Waals surface area contributed by atoms with Gasteiger partial charge in [0.2, 0.25) is 5.95 Å². The summed E-state index contributed by atoms with van der Waals surface area (Å²) in [5.41, 5.74) is 3.56. The number of carbonyl (C=O) groups excluding carboxylic acids is 1. The van der Waals surface area contributed by atoms with Crippen LogP contribution >= 0.6 is 0 Å². The maximum absolute atomic E-state index is 12.9. The molecule has 3 rings (SSSR count). The normalized spacial score (nSPS) is 10.5. The number of rotatable bonds is 6. The number of aryl methyl sites for hydroxylation is 1. The zero-order chi connectivity index (χ0) is 18.4. The molecule has 132 valence electrons. The minimum absolute atomic E-state index is 0.140. The highest BCUT2D eigenvalue weighted by atomic mass is 19.1. The molecule has 0 radical (unpaired) electrons. The molecule has 0 bridgehead atoms. The van der Waals surface area contributed by atoms with Crippen molar-refractivity contribution in [3.05, 3.63) is 83.9 Å². The van der Waals surface area contributed by atoms with Crippen molar-refractivity contribution in [1.82, 2.24) is 10.3 Å². The molecule has 0 saturated carbocycles. The summed E-state index contributed by atoms with van der Waals surface area (Å²) >= 11 is 0. The number of pyridine rings is 1. The standard InChI is InChI=1S/C21H19FN2O2/c22-20-12-9-18(14-24-20)16-5-3-15(4-6-16)2-1-13-23-21(26)17-7-10-19(25)11-8-17/h3-12,14,25H,1-2,13H2,(H,23,26). The highest BCUT2D eigenvalue weighted by molar-refractivity contribution is 5.94. The fourth-order valence-corrected chi connectivity index (χ4v) is 2.62. The summed E-state index contributed by atoms with van der Waals surface area (Å²) in [5.74, 6) is -0.495. The van der Waals surface area contributed by atoms with Crippen molar-refractivity contribution in [2.45, 2.75) is 12.8 Å². The Labute approximate surface area is 151 Å². The summed E-state index contributed by atoms with van der Waals surface area (Å²) in [4.78, 5) is 15.6. The Morgan fingerprint density at radius 1 is 0.962 bits per heavy atom. The quantitative estimate of drug-likeness (QED) is 0.523. The van der Waals surface area contributed by atoms with Crippen LogP contribution in [0.3, 0.4) is 0 Å². The lowest BCUT2D eigenvalue weighted by atomic mass is 10.0. The molecule has 0 unspecified atom stereocenters. The van der Waals surface area contributed by atoms with Crippen molar-refractivity contribution in [3.8, 4) is 16.9 Å². The van der Waals surface area contributed by atoms with Gasteiger partial charge in [0, 0.05) is 23.9 Å². The Morgan fingerprint density at radius 3 is 2.31 bits per heavy atom. The number of phenols is 1. The van der Waals surface area contributed by atoms with Crippen LogP contribution in [-0.2, 0) is 6.42 Å². The van der Waals surface area contributed by atoms with Gasteiger partial charge in [-0.3, -0.25) is 4.79 Å². The fraction of sp³-hybridized carbons (Fsp3) is 0.143. The van der Waals surface area contributed by atoms with Crippen LogP contribution in [0.5, 0.6) is 5.75 Å². The van der Waals surface area contributed by atoms with Gasteiger partial charge in [-0.15, -0.1) is 0 Å². The number of hydrogen-bond acceptors (Lipinski definition) is 3. The third-order valence-electron chi connectivity index (χ3n) is 4.07. The molecule has 0 fully saturated rings. The van der Waals surface area contributed by atoms with Gasteiger partial charge in [0.25, 0.3) is 5.91 Å². The van der Waals surface area contributed by atoms with E-state index in [1.807, 2.05) is 24.3 Å². The van der Waals surface area contributed by atoms with Crippen molar-refractivity contribution in [2.75, 3.05) is 6.54 Å². The van der Waals surface area contributed by atoms with E-state index in [-0.39, 0.29) is 11.7 Å². The van der Waals surface area contributed by atoms with E-state index in [1.165, 1.54) is 30.0 Å². The SMILES string of the molecule is O=C(NCCCc1ccc(-c2ccc(F)nc2)cc1)c1ccc(O)cc1. The Bertz CT molecular complexity index is 860. The van der Waals surface area contributed by atoms with Gasteiger partial charge < -0.3 is 10.4 Å². The van der Waals surface area contributed by atoms with Crippen LogP contribution in [0.1, 0.15) is 22.3 Å². The van der Waals surface area contributed by atoms with Crippen LogP contribution < -0.4 is 5.32 Å². The highest BCUT2D eigenvalue weighted by Crippen LogP contribution is 2.19. The van der Waals surface area contributed by atoms with Crippen LogP contribution in [0.2, 0.25) is 0 Å². The molecule has 26 heavy (non-hydrogen) atoms. The Kier molecular flexibility index (Phi) is 5.59. The van der Waals surface area contributed by atoms with E-state index in [0.29, 0.717) is 12.1 Å². The van der Waals surface area contributed by atoms with Gasteiger partial charge in [-0.1, -0.05) is 24.3 Å². The van der Waals surface area contributed by atoms with Crippen molar-refractivity contribution >= 4 is 5.91 Å². The summed E-state index contributed by atoms with van der Waals surface area (Å²) in [5, 5.41) is 12.1. The Balaban J connectivity index is 1.47. The van der Waals surface area contributed by atoms with E-state index < -0.39 is 5.95 Å². The molecule has 0 aliphatic rings. The zero-order valence-electron chi connectivity index (χ0n) is 14.2. The van der Waals surface area contributed by atoms with Gasteiger partial charge in [0.15, 0.2) is 0 Å². The van der Waals surface area contributed by atoms with Crippen molar-refractivity contribution in [1.29, 1.82) is 0 Å². The Morgan fingerprint density at radius 2 is 1.65 bits per heavy atom. The fourth-order valence-electron chi connectivity index (χ4n) is 2.62. The lowest BCUT2D eigenvalue weighted by Crippen LogP contribution is -2.24. The van der Waals surface area contributed by atoms with Crippen molar-refractivity contribution in [3.63, 3.8) is 0 Å². The third kappa shape index (κ3) is 4.66. The first-order chi connectivity index (χ1) is 12.6. The first-order valence-electron chi connectivity index (χ1n) is 8.40. The summed E-state index contributed by atoms with van der Waals surface area (Å²) < 4.78 is 12.9. The zero-order valence-corrected chi connectivity index (χ0v) is 14.2. The number of halogens is 1. The molecule has 5 heteroatoms. The molecule has 1 heterocycles. The molecule has 0 spiro atoms. The van der Waals surface area contributed by atoms with Crippen LogP contribution in [0.4, 0.5) is 4.39 Å². The molecule has 3 aromatic rings. The third-order valence-corrected chi connectivity index (χ3v) is 4.07. The molecule has 0 aliphatic carbocycles. The number of amides is 1. The average Bonchev–Trinajstić information content (AvgIpc) is 2.67. The van der Waals surface area contributed by atoms with Crippen LogP contribution in [0, 0.1) is 5.95 Å². The van der Waals surface area contributed by atoms with E-state index in [9.17, 15) is 14.3 Å². The van der Waals surface area contributed by atoms with E-state index in [4.69, 9.17) is 0 Å². The molecular formula is C21H19FN2O2. The smallest absolute Gasteiger partial charge is 0.251 e. The van der Waals surface area contributed by atoms with Gasteiger partial charge in [0.05, 0.1) is 0 Å². The number of aromatic hydroxyl groups is 1. The van der Waals surface area contributed by atoms with E-state index in [1.54, 1.807) is 18.2 Å². The van der Waals surface area contributed by atoms with Gasteiger partial charge in [0.1, 0.15) is 5.75 Å². The number of carbonyl (C=O) groups is 1. The second-order valence-electron chi connectivity index (χ2n) is 5.97. The van der Waals surface area contributed by atoms with Gasteiger partial charge in [-0.2, -0.15) is 4.39 Å². The predicted octanol–water partition coefficient (Wildman–Crippen LogP) is 3.96. The monoisotopic (exact) mass is 350 g/mol. The molecule has 1 amide bonds. The molecule has 2 N–H and O–H groups in total. The van der Waals surface area contributed by atoms with Gasteiger partial charge >= 0.3 is 0 Å². The first kappa shape index (κ1) is 17.6. The van der Waals surface area contributed by atoms with E-state index in [2.05, 4.69) is 10.3 Å². The van der Waals surface area contributed by atoms with Crippen LogP contribution in [0.15, 0.2) is 66.9 Å². The summed E-state index contributed by atoms with van der Waals surface area (Å²) in [6.45, 7) is 0.573. The second kappa shape index (κ2) is 8.25. The van der Waals surface area contributed by atoms with E-state index in [0.717, 1.165) is 24.0 Å². The summed E-state index contributed by atoms with van der Waals surface area (Å²) in [6.07, 6.45) is 3.18. The maximum atomic E-state index is 12.9. The minimum atomic E-state index is -0.486. The number of benzene rings is 2. The number of aromatic nitrogens is 1. The topological polar surface area (TPSA) is 62.2 Å². The average molecular weight is 350 g/mol. The predicted molar refractivity (Wildman–Crippen MR) is 98.4 cm³/mol. The largest absolute Gasteiger partial charge is 0.508 e. The molecule has 1 aromatic heterocycles.